The summed E-state index contributed by atoms with van der Waals surface area (Å²) in [5.41, 5.74) is 7.11. The van der Waals surface area contributed by atoms with Gasteiger partial charge in [0.05, 0.1) is 0 Å². The number of nitrogen functional groups attached to an aromatic ring is 1. The molecule has 0 radical (unpaired) electrons. The molecule has 0 unspecified atom stereocenters. The van der Waals surface area contributed by atoms with Crippen molar-refractivity contribution in [3.8, 4) is 0 Å². The predicted octanol–water partition coefficient (Wildman–Crippen LogP) is 1.80. The van der Waals surface area contributed by atoms with Crippen LogP contribution in [0.25, 0.3) is 0 Å². The molecule has 4 N–H and O–H groups in total. The van der Waals surface area contributed by atoms with Crippen molar-refractivity contribution in [3.63, 3.8) is 0 Å². The molecule has 26 heavy (non-hydrogen) atoms. The lowest BCUT2D eigenvalue weighted by molar-refractivity contribution is -0.137. The number of nitrogens with two attached hydrogens (primary N) is 1. The third-order valence-corrected chi connectivity index (χ3v) is 3.24. The number of anilines is 1. The second-order valence-corrected chi connectivity index (χ2v) is 5.50. The van der Waals surface area contributed by atoms with Crippen molar-refractivity contribution >= 4 is 29.6 Å². The van der Waals surface area contributed by atoms with E-state index >= 15 is 0 Å². The fourth-order valence-corrected chi connectivity index (χ4v) is 1.88. The first kappa shape index (κ1) is 20.9. The van der Waals surface area contributed by atoms with E-state index < -0.39 is 12.1 Å². The molecule has 1 aliphatic heterocycles. The van der Waals surface area contributed by atoms with Crippen LogP contribution >= 0.6 is 0 Å². The van der Waals surface area contributed by atoms with E-state index in [4.69, 9.17) is 5.73 Å². The molecule has 1 aliphatic rings. The summed E-state index contributed by atoms with van der Waals surface area (Å²) in [5.74, 6) is -1.14. The molecule has 0 fully saturated rings. The summed E-state index contributed by atoms with van der Waals surface area (Å²) in [6.45, 7) is 2.35. The second-order valence-electron chi connectivity index (χ2n) is 5.50. The Hall–Kier alpha value is -3.16. The summed E-state index contributed by atoms with van der Waals surface area (Å²) >= 11 is 0. The van der Waals surface area contributed by atoms with Crippen LogP contribution in [0.5, 0.6) is 0 Å². The van der Waals surface area contributed by atoms with Gasteiger partial charge in [-0.1, -0.05) is 31.9 Å². The number of benzene rings is 1. The summed E-state index contributed by atoms with van der Waals surface area (Å²) in [5, 5.41) is 4.54. The van der Waals surface area contributed by atoms with Gasteiger partial charge in [-0.25, -0.2) is 4.79 Å². The SMILES string of the molecule is CCCCCC(=O)OC(=O)NCc1ccc(N)cc1.O=C1C=CC(=O)N1. The summed E-state index contributed by atoms with van der Waals surface area (Å²) in [6.07, 6.45) is 4.70. The number of rotatable bonds is 6. The number of esters is 1. The molecule has 8 nitrogen and oxygen atoms in total. The Labute approximate surface area is 151 Å². The van der Waals surface area contributed by atoms with Gasteiger partial charge in [0.25, 0.3) is 11.8 Å². The van der Waals surface area contributed by atoms with Gasteiger partial charge in [-0.3, -0.25) is 19.7 Å². The molecule has 1 aromatic rings. The van der Waals surface area contributed by atoms with Crippen molar-refractivity contribution < 1.29 is 23.9 Å². The minimum absolute atomic E-state index is 0.281. The van der Waals surface area contributed by atoms with Gasteiger partial charge >= 0.3 is 12.1 Å². The number of amides is 3. The highest BCUT2D eigenvalue weighted by molar-refractivity contribution is 6.12. The first-order valence-corrected chi connectivity index (χ1v) is 8.26. The summed E-state index contributed by atoms with van der Waals surface area (Å²) in [7, 11) is 0. The predicted molar refractivity (Wildman–Crippen MR) is 95.6 cm³/mol. The molecular formula is C18H23N3O5. The van der Waals surface area contributed by atoms with Gasteiger partial charge in [0, 0.05) is 30.8 Å². The molecule has 0 bridgehead atoms. The van der Waals surface area contributed by atoms with Gasteiger partial charge in [-0.05, 0) is 24.1 Å². The first-order valence-electron chi connectivity index (χ1n) is 8.26. The standard InChI is InChI=1S/C14H20N2O3.C4H3NO2/c1-2-3-4-5-13(17)19-14(18)16-10-11-6-8-12(15)9-7-11;6-3-1-2-4(7)5-3/h6-9H,2-5,10,15H2,1H3,(H,16,18);1-2H,(H,5,6,7). The third kappa shape index (κ3) is 9.21. The molecule has 8 heteroatoms. The lowest BCUT2D eigenvalue weighted by Gasteiger charge is -2.06. The Morgan fingerprint density at radius 2 is 1.69 bits per heavy atom. The van der Waals surface area contributed by atoms with Gasteiger partial charge in [-0.15, -0.1) is 0 Å². The largest absolute Gasteiger partial charge is 0.415 e. The number of hydrogen-bond acceptors (Lipinski definition) is 6. The Bertz CT molecular complexity index is 652. The van der Waals surface area contributed by atoms with Gasteiger partial charge in [0.2, 0.25) is 0 Å². The Morgan fingerprint density at radius 1 is 1.08 bits per heavy atom. The number of ether oxygens (including phenoxy) is 1. The highest BCUT2D eigenvalue weighted by Crippen LogP contribution is 2.05. The van der Waals surface area contributed by atoms with Crippen molar-refractivity contribution in [1.82, 2.24) is 10.6 Å². The van der Waals surface area contributed by atoms with Crippen molar-refractivity contribution in [1.29, 1.82) is 0 Å². The third-order valence-electron chi connectivity index (χ3n) is 3.24. The fourth-order valence-electron chi connectivity index (χ4n) is 1.88. The molecule has 2 rings (SSSR count). The quantitative estimate of drug-likeness (QED) is 0.233. The number of alkyl carbamates (subject to hydrolysis) is 1. The summed E-state index contributed by atoms with van der Waals surface area (Å²) in [6, 6.07) is 7.11. The van der Waals surface area contributed by atoms with Crippen LogP contribution in [-0.2, 0) is 25.7 Å². The van der Waals surface area contributed by atoms with Crippen molar-refractivity contribution in [2.24, 2.45) is 0 Å². The van der Waals surface area contributed by atoms with Crippen LogP contribution in [0, 0.1) is 0 Å². The second kappa shape index (κ2) is 11.4. The number of imide groups is 1. The molecular weight excluding hydrogens is 338 g/mol. The maximum absolute atomic E-state index is 11.3. The van der Waals surface area contributed by atoms with E-state index in [1.54, 1.807) is 24.3 Å². The molecule has 140 valence electrons. The zero-order valence-electron chi connectivity index (χ0n) is 14.6. The van der Waals surface area contributed by atoms with Crippen LogP contribution in [-0.4, -0.2) is 23.9 Å². The Balaban J connectivity index is 0.000000401. The number of carbonyl (C=O) groups excluding carboxylic acids is 4. The number of unbranched alkanes of at least 4 members (excludes halogenated alkanes) is 2. The van der Waals surface area contributed by atoms with E-state index in [-0.39, 0.29) is 18.2 Å². The highest BCUT2D eigenvalue weighted by Gasteiger charge is 2.09. The summed E-state index contributed by atoms with van der Waals surface area (Å²) in [4.78, 5) is 42.7. The van der Waals surface area contributed by atoms with E-state index in [1.807, 2.05) is 12.2 Å². The van der Waals surface area contributed by atoms with Crippen LogP contribution < -0.4 is 16.4 Å². The fraction of sp³-hybridized carbons (Fsp3) is 0.333. The van der Waals surface area contributed by atoms with E-state index in [0.717, 1.165) is 24.8 Å². The van der Waals surface area contributed by atoms with E-state index in [0.29, 0.717) is 12.2 Å². The van der Waals surface area contributed by atoms with Crippen LogP contribution in [0.4, 0.5) is 10.5 Å². The Kier molecular flexibility index (Phi) is 9.16. The van der Waals surface area contributed by atoms with Crippen LogP contribution in [0.2, 0.25) is 0 Å². The van der Waals surface area contributed by atoms with Gasteiger partial charge < -0.3 is 15.8 Å². The summed E-state index contributed by atoms with van der Waals surface area (Å²) < 4.78 is 4.63. The van der Waals surface area contributed by atoms with E-state index in [2.05, 4.69) is 10.1 Å². The molecule has 3 amide bonds. The molecule has 0 spiro atoms. The van der Waals surface area contributed by atoms with Crippen LogP contribution in [0.1, 0.15) is 38.2 Å². The van der Waals surface area contributed by atoms with E-state index in [9.17, 15) is 19.2 Å². The van der Waals surface area contributed by atoms with Crippen molar-refractivity contribution in [3.05, 3.63) is 42.0 Å². The molecule has 0 aromatic heterocycles. The number of nitrogens with one attached hydrogen (secondary N) is 2. The zero-order chi connectivity index (χ0) is 19.4. The lowest BCUT2D eigenvalue weighted by Crippen LogP contribution is -2.26. The molecule has 1 aromatic carbocycles. The molecule has 0 saturated heterocycles. The maximum atomic E-state index is 11.3. The van der Waals surface area contributed by atoms with Gasteiger partial charge in [0.1, 0.15) is 0 Å². The molecule has 0 atom stereocenters. The average molecular weight is 361 g/mol. The van der Waals surface area contributed by atoms with Crippen molar-refractivity contribution in [2.45, 2.75) is 39.2 Å². The minimum atomic E-state index is -0.710. The normalized spacial score (nSPS) is 12.0. The molecule has 1 heterocycles. The van der Waals surface area contributed by atoms with Gasteiger partial charge in [-0.2, -0.15) is 0 Å². The number of hydrogen-bond donors (Lipinski definition) is 3. The number of carbonyl (C=O) groups is 4. The van der Waals surface area contributed by atoms with Crippen LogP contribution in [0.3, 0.4) is 0 Å². The smallest absolute Gasteiger partial charge is 0.399 e. The monoisotopic (exact) mass is 361 g/mol. The van der Waals surface area contributed by atoms with Crippen LogP contribution in [0.15, 0.2) is 36.4 Å². The lowest BCUT2D eigenvalue weighted by atomic mass is 10.2. The Morgan fingerprint density at radius 3 is 2.19 bits per heavy atom. The van der Waals surface area contributed by atoms with Gasteiger partial charge in [0.15, 0.2) is 0 Å². The van der Waals surface area contributed by atoms with E-state index in [1.165, 1.54) is 12.2 Å². The highest BCUT2D eigenvalue weighted by atomic mass is 16.6. The van der Waals surface area contributed by atoms with Crippen molar-refractivity contribution in [2.75, 3.05) is 5.73 Å². The first-order chi connectivity index (χ1) is 12.4. The average Bonchev–Trinajstić information content (AvgIpc) is 2.98. The molecule has 0 aliphatic carbocycles. The zero-order valence-corrected chi connectivity index (χ0v) is 14.6. The maximum Gasteiger partial charge on any atom is 0.415 e. The topological polar surface area (TPSA) is 128 Å². The minimum Gasteiger partial charge on any atom is -0.399 e. The molecule has 0 saturated carbocycles.